The minimum atomic E-state index is -0.712. The van der Waals surface area contributed by atoms with Gasteiger partial charge in [0.2, 0.25) is 0 Å². The zero-order valence-corrected chi connectivity index (χ0v) is 16.1. The van der Waals surface area contributed by atoms with Crippen molar-refractivity contribution < 1.29 is 14.7 Å². The largest absolute Gasteiger partial charge is 0.503 e. The number of aliphatic hydroxyl groups is 1. The Labute approximate surface area is 159 Å². The zero-order valence-electron chi connectivity index (χ0n) is 16.1. The number of pyridine rings is 1. The van der Waals surface area contributed by atoms with Crippen molar-refractivity contribution in [3.05, 3.63) is 76.8 Å². The number of carbonyl (C=O) groups excluding carboxylic acids is 2. The van der Waals surface area contributed by atoms with Crippen LogP contribution >= 0.6 is 0 Å². The van der Waals surface area contributed by atoms with Gasteiger partial charge >= 0.3 is 0 Å². The first-order chi connectivity index (χ1) is 12.7. The summed E-state index contributed by atoms with van der Waals surface area (Å²) in [7, 11) is 0. The van der Waals surface area contributed by atoms with Crippen LogP contribution in [0.5, 0.6) is 0 Å². The second-order valence-corrected chi connectivity index (χ2v) is 7.95. The Bertz CT molecular complexity index is 911. The van der Waals surface area contributed by atoms with E-state index in [2.05, 4.69) is 4.98 Å². The van der Waals surface area contributed by atoms with Gasteiger partial charge < -0.3 is 10.0 Å². The van der Waals surface area contributed by atoms with Crippen LogP contribution in [0, 0.1) is 12.3 Å². The van der Waals surface area contributed by atoms with Crippen LogP contribution in [0.25, 0.3) is 0 Å². The highest BCUT2D eigenvalue weighted by Gasteiger charge is 2.45. The molecule has 1 N–H and O–H groups in total. The van der Waals surface area contributed by atoms with Gasteiger partial charge in [0.1, 0.15) is 0 Å². The number of amides is 1. The van der Waals surface area contributed by atoms with Crippen LogP contribution in [0.1, 0.15) is 43.5 Å². The van der Waals surface area contributed by atoms with E-state index >= 15 is 0 Å². The van der Waals surface area contributed by atoms with Crippen LogP contribution in [-0.4, -0.2) is 26.7 Å². The lowest BCUT2D eigenvalue weighted by Gasteiger charge is -2.29. The maximum Gasteiger partial charge on any atom is 0.290 e. The molecule has 5 heteroatoms. The van der Waals surface area contributed by atoms with Crippen LogP contribution in [0.2, 0.25) is 0 Å². The monoisotopic (exact) mass is 364 g/mol. The lowest BCUT2D eigenvalue weighted by Crippen LogP contribution is -2.32. The van der Waals surface area contributed by atoms with Gasteiger partial charge in [-0.15, -0.1) is 0 Å². The van der Waals surface area contributed by atoms with Gasteiger partial charge in [0, 0.05) is 24.4 Å². The summed E-state index contributed by atoms with van der Waals surface area (Å²) in [5.74, 6) is -1.21. The topological polar surface area (TPSA) is 70.5 Å². The number of ketones is 1. The Morgan fingerprint density at radius 1 is 1.22 bits per heavy atom. The van der Waals surface area contributed by atoms with Crippen molar-refractivity contribution in [2.24, 2.45) is 5.41 Å². The summed E-state index contributed by atoms with van der Waals surface area (Å²) in [5, 5.41) is 10.6. The minimum absolute atomic E-state index is 0.169. The van der Waals surface area contributed by atoms with Gasteiger partial charge in [0.25, 0.3) is 5.91 Å². The van der Waals surface area contributed by atoms with Crippen LogP contribution in [0.15, 0.2) is 60.1 Å². The van der Waals surface area contributed by atoms with Gasteiger partial charge in [-0.3, -0.25) is 14.6 Å². The Morgan fingerprint density at radius 3 is 2.56 bits per heavy atom. The number of rotatable bonds is 4. The van der Waals surface area contributed by atoms with Gasteiger partial charge in [-0.2, -0.15) is 0 Å². The summed E-state index contributed by atoms with van der Waals surface area (Å²) in [4.78, 5) is 31.6. The number of hydrogen-bond acceptors (Lipinski definition) is 4. The summed E-state index contributed by atoms with van der Waals surface area (Å²) in [6.07, 6.45) is 3.35. The summed E-state index contributed by atoms with van der Waals surface area (Å²) >= 11 is 0. The predicted molar refractivity (Wildman–Crippen MR) is 103 cm³/mol. The van der Waals surface area contributed by atoms with E-state index in [4.69, 9.17) is 0 Å². The number of aliphatic hydroxyl groups excluding tert-OH is 1. The number of nitrogens with zero attached hydrogens (tertiary/aromatic N) is 2. The highest BCUT2D eigenvalue weighted by molar-refractivity contribution is 6.10. The van der Waals surface area contributed by atoms with E-state index in [0.717, 1.165) is 16.7 Å². The van der Waals surface area contributed by atoms with E-state index in [1.54, 1.807) is 44.1 Å². The molecule has 0 saturated carbocycles. The van der Waals surface area contributed by atoms with E-state index < -0.39 is 23.1 Å². The molecule has 27 heavy (non-hydrogen) atoms. The third-order valence-electron chi connectivity index (χ3n) is 4.66. The Balaban J connectivity index is 2.11. The third kappa shape index (κ3) is 3.63. The van der Waals surface area contributed by atoms with Crippen LogP contribution in [0.3, 0.4) is 0 Å². The Kier molecular flexibility index (Phi) is 4.87. The molecule has 0 radical (unpaired) electrons. The highest BCUT2D eigenvalue weighted by Crippen LogP contribution is 2.41. The predicted octanol–water partition coefficient (Wildman–Crippen LogP) is 3.90. The lowest BCUT2D eigenvalue weighted by molar-refractivity contribution is -0.130. The van der Waals surface area contributed by atoms with E-state index in [0.29, 0.717) is 0 Å². The van der Waals surface area contributed by atoms with E-state index in [1.807, 2.05) is 37.3 Å². The van der Waals surface area contributed by atoms with Crippen LogP contribution < -0.4 is 0 Å². The smallest absolute Gasteiger partial charge is 0.290 e. The summed E-state index contributed by atoms with van der Waals surface area (Å²) in [5.41, 5.74) is 2.12. The maximum absolute atomic E-state index is 13.1. The van der Waals surface area contributed by atoms with E-state index in [9.17, 15) is 14.7 Å². The fourth-order valence-electron chi connectivity index (χ4n) is 3.33. The standard InChI is InChI=1S/C22H24N2O3/c1-14-7-5-9-16(11-14)18-17(20(26)22(2,3)4)19(25)21(27)24(18)13-15-8-6-10-23-12-15/h5-12,18,25H,13H2,1-4H3. The fraction of sp³-hybridized carbons (Fsp3) is 0.318. The van der Waals surface area contributed by atoms with Gasteiger partial charge in [-0.25, -0.2) is 0 Å². The highest BCUT2D eigenvalue weighted by atomic mass is 16.3. The summed E-state index contributed by atoms with van der Waals surface area (Å²) in [6.45, 7) is 7.59. The lowest BCUT2D eigenvalue weighted by atomic mass is 9.82. The van der Waals surface area contributed by atoms with Crippen LogP contribution in [-0.2, 0) is 16.1 Å². The van der Waals surface area contributed by atoms with Crippen molar-refractivity contribution in [1.29, 1.82) is 0 Å². The van der Waals surface area contributed by atoms with Gasteiger partial charge in [0.05, 0.1) is 11.6 Å². The third-order valence-corrected chi connectivity index (χ3v) is 4.66. The second kappa shape index (κ2) is 6.99. The molecular weight excluding hydrogens is 340 g/mol. The number of Topliss-reactive ketones (excluding diaryl/α,β-unsaturated/α-hetero) is 1. The second-order valence-electron chi connectivity index (χ2n) is 7.95. The molecule has 140 valence electrons. The van der Waals surface area contributed by atoms with E-state index in [-0.39, 0.29) is 17.9 Å². The molecule has 0 aliphatic carbocycles. The molecule has 0 fully saturated rings. The van der Waals surface area contributed by atoms with Crippen molar-refractivity contribution in [2.75, 3.05) is 0 Å². The molecule has 1 aliphatic heterocycles. The maximum atomic E-state index is 13.1. The van der Waals surface area contributed by atoms with Crippen molar-refractivity contribution in [2.45, 2.75) is 40.3 Å². The average Bonchev–Trinajstić information content (AvgIpc) is 2.86. The number of benzene rings is 1. The van der Waals surface area contributed by atoms with Gasteiger partial charge in [-0.1, -0.05) is 56.7 Å². The molecule has 1 aromatic carbocycles. The van der Waals surface area contributed by atoms with Crippen molar-refractivity contribution >= 4 is 11.7 Å². The molecule has 1 aromatic heterocycles. The summed E-state index contributed by atoms with van der Waals surface area (Å²) in [6, 6.07) is 10.7. The average molecular weight is 364 g/mol. The first kappa shape index (κ1) is 18.8. The molecule has 1 atom stereocenters. The zero-order chi connectivity index (χ0) is 19.8. The molecule has 3 rings (SSSR count). The van der Waals surface area contributed by atoms with Crippen molar-refractivity contribution in [3.8, 4) is 0 Å². The summed E-state index contributed by atoms with van der Waals surface area (Å²) < 4.78 is 0. The molecule has 0 saturated heterocycles. The molecular formula is C22H24N2O3. The van der Waals surface area contributed by atoms with E-state index in [1.165, 1.54) is 0 Å². The van der Waals surface area contributed by atoms with Gasteiger partial charge in [-0.05, 0) is 24.1 Å². The molecule has 0 bridgehead atoms. The number of hydrogen-bond donors (Lipinski definition) is 1. The molecule has 2 heterocycles. The SMILES string of the molecule is Cc1cccc(C2C(C(=O)C(C)(C)C)=C(O)C(=O)N2Cc2cccnc2)c1. The quantitative estimate of drug-likeness (QED) is 0.893. The van der Waals surface area contributed by atoms with Crippen molar-refractivity contribution in [3.63, 3.8) is 0 Å². The Morgan fingerprint density at radius 2 is 1.96 bits per heavy atom. The number of aryl methyl sites for hydroxylation is 1. The molecule has 0 spiro atoms. The molecule has 2 aromatic rings. The minimum Gasteiger partial charge on any atom is -0.503 e. The number of carbonyl (C=O) groups is 2. The van der Waals surface area contributed by atoms with Gasteiger partial charge in [0.15, 0.2) is 11.5 Å². The molecule has 1 unspecified atom stereocenters. The van der Waals surface area contributed by atoms with Crippen LogP contribution in [0.4, 0.5) is 0 Å². The normalized spacial score (nSPS) is 17.6. The fourth-order valence-corrected chi connectivity index (χ4v) is 3.33. The molecule has 5 nitrogen and oxygen atoms in total. The molecule has 1 amide bonds. The molecule has 1 aliphatic rings. The van der Waals surface area contributed by atoms with Crippen molar-refractivity contribution in [1.82, 2.24) is 9.88 Å². The first-order valence-electron chi connectivity index (χ1n) is 8.94. The first-order valence-corrected chi connectivity index (χ1v) is 8.94. The Hall–Kier alpha value is -2.95. The number of aromatic nitrogens is 1.